The number of nitrogens with zero attached hydrogens (tertiary/aromatic N) is 1. The Bertz CT molecular complexity index is 409. The summed E-state index contributed by atoms with van der Waals surface area (Å²) in [5.74, 6) is 0. The van der Waals surface area contributed by atoms with E-state index < -0.39 is 0 Å². The molecule has 0 radical (unpaired) electrons. The summed E-state index contributed by atoms with van der Waals surface area (Å²) in [6.07, 6.45) is 0. The lowest BCUT2D eigenvalue weighted by Crippen LogP contribution is -1.83. The van der Waals surface area contributed by atoms with Crippen LogP contribution in [-0.2, 0) is 0 Å². The molecule has 14 heavy (non-hydrogen) atoms. The zero-order chi connectivity index (χ0) is 10.7. The Hall–Kier alpha value is -0.780. The van der Waals surface area contributed by atoms with E-state index in [-0.39, 0.29) is 0 Å². The molecule has 0 spiro atoms. The zero-order valence-corrected chi connectivity index (χ0v) is 10.3. The Kier molecular flexibility index (Phi) is 3.74. The molecule has 0 bridgehead atoms. The summed E-state index contributed by atoms with van der Waals surface area (Å²) in [6.45, 7) is 3.69. The third-order valence-electron chi connectivity index (χ3n) is 1.79. The van der Waals surface area contributed by atoms with Gasteiger partial charge in [-0.05, 0) is 37.1 Å². The second-order valence-corrected chi connectivity index (χ2v) is 4.36. The maximum Gasteiger partial charge on any atom is 0.0959 e. The Morgan fingerprint density at radius 1 is 1.43 bits per heavy atom. The molecule has 72 valence electrons. The van der Waals surface area contributed by atoms with E-state index in [2.05, 4.69) is 15.9 Å². The van der Waals surface area contributed by atoms with Crippen LogP contribution in [0.2, 0.25) is 0 Å². The van der Waals surface area contributed by atoms with E-state index in [0.29, 0.717) is 10.6 Å². The molecule has 0 saturated carbocycles. The van der Waals surface area contributed by atoms with Crippen molar-refractivity contribution in [2.75, 3.05) is 0 Å². The molecule has 0 saturated heterocycles. The summed E-state index contributed by atoms with van der Waals surface area (Å²) in [7, 11) is 0. The highest BCUT2D eigenvalue weighted by molar-refractivity contribution is 9.10. The van der Waals surface area contributed by atoms with Gasteiger partial charge in [-0.3, -0.25) is 0 Å². The van der Waals surface area contributed by atoms with Gasteiger partial charge in [0, 0.05) is 10.0 Å². The van der Waals surface area contributed by atoms with Crippen molar-refractivity contribution >= 4 is 32.6 Å². The van der Waals surface area contributed by atoms with Gasteiger partial charge in [0.15, 0.2) is 0 Å². The van der Waals surface area contributed by atoms with Gasteiger partial charge in [0.05, 0.1) is 11.1 Å². The number of hydrogen-bond acceptors (Lipinski definition) is 1. The predicted octanol–water partition coefficient (Wildman–Crippen LogP) is 4.25. The molecule has 0 aliphatic carbocycles. The molecule has 1 aromatic rings. The molecule has 1 aromatic carbocycles. The molecular formula is C11H9BrClN. The van der Waals surface area contributed by atoms with Crippen LogP contribution in [-0.4, -0.2) is 0 Å². The molecule has 0 fully saturated rings. The van der Waals surface area contributed by atoms with E-state index in [1.807, 2.05) is 31.2 Å². The van der Waals surface area contributed by atoms with Gasteiger partial charge >= 0.3 is 0 Å². The van der Waals surface area contributed by atoms with Crippen LogP contribution >= 0.6 is 27.5 Å². The fourth-order valence-corrected chi connectivity index (χ4v) is 1.89. The smallest absolute Gasteiger partial charge is 0.0959 e. The topological polar surface area (TPSA) is 23.8 Å². The van der Waals surface area contributed by atoms with Gasteiger partial charge in [0.25, 0.3) is 0 Å². The Labute approximate surface area is 97.1 Å². The lowest BCUT2D eigenvalue weighted by atomic mass is 10.1. The van der Waals surface area contributed by atoms with Crippen LogP contribution in [0.4, 0.5) is 0 Å². The summed E-state index contributed by atoms with van der Waals surface area (Å²) in [5.41, 5.74) is 2.51. The van der Waals surface area contributed by atoms with E-state index in [1.165, 1.54) is 0 Å². The number of benzene rings is 1. The minimum Gasteiger partial charge on any atom is -0.193 e. The van der Waals surface area contributed by atoms with Crippen LogP contribution in [0, 0.1) is 18.3 Å². The number of halogens is 2. The second-order valence-electron chi connectivity index (χ2n) is 3.07. The first-order chi connectivity index (χ1) is 6.54. The average Bonchev–Trinajstić information content (AvgIpc) is 2.14. The van der Waals surface area contributed by atoms with Gasteiger partial charge in [-0.25, -0.2) is 0 Å². The predicted molar refractivity (Wildman–Crippen MR) is 62.9 cm³/mol. The number of allylic oxidation sites excluding steroid dienone is 1. The summed E-state index contributed by atoms with van der Waals surface area (Å²) in [5, 5.41) is 9.21. The summed E-state index contributed by atoms with van der Waals surface area (Å²) in [4.78, 5) is 0. The summed E-state index contributed by atoms with van der Waals surface area (Å²) in [6, 6.07) is 7.88. The first kappa shape index (κ1) is 11.3. The maximum atomic E-state index is 8.70. The molecular weight excluding hydrogens is 261 g/mol. The summed E-state index contributed by atoms with van der Waals surface area (Å²) >= 11 is 9.43. The largest absolute Gasteiger partial charge is 0.193 e. The Morgan fingerprint density at radius 3 is 2.57 bits per heavy atom. The van der Waals surface area contributed by atoms with Crippen molar-refractivity contribution in [1.82, 2.24) is 0 Å². The SMILES string of the molecule is C/C(C#N)=C(/Cl)c1cc(C)cc(Br)c1. The fraction of sp³-hybridized carbons (Fsp3) is 0.182. The minimum atomic E-state index is 0.511. The van der Waals surface area contributed by atoms with Crippen molar-refractivity contribution < 1.29 is 0 Å². The van der Waals surface area contributed by atoms with Crippen LogP contribution in [0.25, 0.3) is 5.03 Å². The van der Waals surface area contributed by atoms with Crippen molar-refractivity contribution in [2.45, 2.75) is 13.8 Å². The van der Waals surface area contributed by atoms with Crippen LogP contribution < -0.4 is 0 Å². The Morgan fingerprint density at radius 2 is 2.07 bits per heavy atom. The maximum absolute atomic E-state index is 8.70. The third-order valence-corrected chi connectivity index (χ3v) is 2.75. The number of rotatable bonds is 1. The van der Waals surface area contributed by atoms with Crippen molar-refractivity contribution in [3.8, 4) is 6.07 Å². The molecule has 0 aliphatic heterocycles. The van der Waals surface area contributed by atoms with Gasteiger partial charge in [-0.15, -0.1) is 0 Å². The molecule has 1 nitrogen and oxygen atoms in total. The molecule has 0 unspecified atom stereocenters. The zero-order valence-electron chi connectivity index (χ0n) is 7.94. The number of aryl methyl sites for hydroxylation is 1. The van der Waals surface area contributed by atoms with E-state index in [9.17, 15) is 0 Å². The molecule has 0 aromatic heterocycles. The Balaban J connectivity index is 3.28. The van der Waals surface area contributed by atoms with E-state index in [1.54, 1.807) is 6.92 Å². The molecule has 0 heterocycles. The van der Waals surface area contributed by atoms with E-state index in [0.717, 1.165) is 15.6 Å². The summed E-state index contributed by atoms with van der Waals surface area (Å²) < 4.78 is 0.969. The fourth-order valence-electron chi connectivity index (χ4n) is 1.13. The standard InChI is InChI=1S/C11H9BrClN/c1-7-3-9(5-10(12)4-7)11(13)8(2)6-14/h3-5H,1-2H3/b11-8-. The second kappa shape index (κ2) is 4.63. The average molecular weight is 271 g/mol. The van der Waals surface area contributed by atoms with Crippen molar-refractivity contribution in [3.05, 3.63) is 39.4 Å². The minimum absolute atomic E-state index is 0.511. The first-order valence-electron chi connectivity index (χ1n) is 4.08. The van der Waals surface area contributed by atoms with Gasteiger partial charge in [-0.2, -0.15) is 5.26 Å². The van der Waals surface area contributed by atoms with E-state index >= 15 is 0 Å². The molecule has 1 rings (SSSR count). The molecule has 0 aliphatic rings. The molecule has 0 N–H and O–H groups in total. The monoisotopic (exact) mass is 269 g/mol. The first-order valence-corrected chi connectivity index (χ1v) is 5.25. The highest BCUT2D eigenvalue weighted by Crippen LogP contribution is 2.26. The highest BCUT2D eigenvalue weighted by Gasteiger charge is 2.04. The van der Waals surface area contributed by atoms with Crippen LogP contribution in [0.1, 0.15) is 18.1 Å². The van der Waals surface area contributed by atoms with Crippen LogP contribution in [0.5, 0.6) is 0 Å². The van der Waals surface area contributed by atoms with Crippen molar-refractivity contribution in [2.24, 2.45) is 0 Å². The lowest BCUT2D eigenvalue weighted by molar-refractivity contribution is 1.41. The lowest BCUT2D eigenvalue weighted by Gasteiger charge is -2.03. The third kappa shape index (κ3) is 2.60. The van der Waals surface area contributed by atoms with Gasteiger partial charge in [-0.1, -0.05) is 33.6 Å². The van der Waals surface area contributed by atoms with Gasteiger partial charge in [0.1, 0.15) is 0 Å². The highest BCUT2D eigenvalue weighted by atomic mass is 79.9. The van der Waals surface area contributed by atoms with Crippen LogP contribution in [0.3, 0.4) is 0 Å². The van der Waals surface area contributed by atoms with Gasteiger partial charge in [0.2, 0.25) is 0 Å². The molecule has 0 atom stereocenters. The number of hydrogen-bond donors (Lipinski definition) is 0. The molecule has 0 amide bonds. The molecule has 3 heteroatoms. The van der Waals surface area contributed by atoms with Crippen molar-refractivity contribution in [3.63, 3.8) is 0 Å². The number of nitriles is 1. The van der Waals surface area contributed by atoms with Crippen molar-refractivity contribution in [1.29, 1.82) is 5.26 Å². The van der Waals surface area contributed by atoms with E-state index in [4.69, 9.17) is 16.9 Å². The van der Waals surface area contributed by atoms with Crippen LogP contribution in [0.15, 0.2) is 28.2 Å². The quantitative estimate of drug-likeness (QED) is 0.700. The van der Waals surface area contributed by atoms with Gasteiger partial charge < -0.3 is 0 Å². The normalized spacial score (nSPS) is 11.9.